The molecule has 3 heteroatoms. The van der Waals surface area contributed by atoms with Crippen molar-refractivity contribution >= 4 is 0 Å². The van der Waals surface area contributed by atoms with Gasteiger partial charge in [-0.1, -0.05) is 0 Å². The highest BCUT2D eigenvalue weighted by Gasteiger charge is 2.42. The minimum absolute atomic E-state index is 0.146. The molecule has 64 valence electrons. The number of hydrogen-bond donors (Lipinski definition) is 1. The molecule has 0 amide bonds. The van der Waals surface area contributed by atoms with Gasteiger partial charge in [0.15, 0.2) is 5.79 Å². The summed E-state index contributed by atoms with van der Waals surface area (Å²) in [6.07, 6.45) is 4.73. The lowest BCUT2D eigenvalue weighted by Gasteiger charge is -2.21. The number of nitrogens with two attached hydrogens (primary N) is 1. The molecule has 1 heterocycles. The highest BCUT2D eigenvalue weighted by atomic mass is 16.7. The van der Waals surface area contributed by atoms with Crippen molar-refractivity contribution in [2.75, 3.05) is 13.2 Å². The van der Waals surface area contributed by atoms with Gasteiger partial charge in [-0.2, -0.15) is 0 Å². The quantitative estimate of drug-likeness (QED) is 0.607. The van der Waals surface area contributed by atoms with Crippen molar-refractivity contribution in [1.82, 2.24) is 0 Å². The Bertz CT molecular complexity index is 143. The molecule has 0 aromatic rings. The van der Waals surface area contributed by atoms with Crippen molar-refractivity contribution in [1.29, 1.82) is 0 Å². The summed E-state index contributed by atoms with van der Waals surface area (Å²) in [5.41, 5.74) is 5.48. The molecule has 1 unspecified atom stereocenters. The van der Waals surface area contributed by atoms with Crippen LogP contribution in [0.5, 0.6) is 0 Å². The molecule has 2 N–H and O–H groups in total. The Morgan fingerprint density at radius 3 is 2.64 bits per heavy atom. The first-order chi connectivity index (χ1) is 5.35. The van der Waals surface area contributed by atoms with Crippen molar-refractivity contribution in [3.05, 3.63) is 0 Å². The smallest absolute Gasteiger partial charge is 0.168 e. The lowest BCUT2D eigenvalue weighted by molar-refractivity contribution is -0.160. The maximum absolute atomic E-state index is 5.71. The summed E-state index contributed by atoms with van der Waals surface area (Å²) in [5, 5.41) is 0. The highest BCUT2D eigenvalue weighted by Crippen LogP contribution is 2.38. The van der Waals surface area contributed by atoms with Crippen LogP contribution in [0.3, 0.4) is 0 Å². The fourth-order valence-corrected chi connectivity index (χ4v) is 1.91. The molecule has 2 aliphatic rings. The van der Waals surface area contributed by atoms with Crippen LogP contribution in [0.25, 0.3) is 0 Å². The summed E-state index contributed by atoms with van der Waals surface area (Å²) in [5.74, 6) is -0.218. The maximum atomic E-state index is 5.71. The van der Waals surface area contributed by atoms with Gasteiger partial charge < -0.3 is 15.2 Å². The van der Waals surface area contributed by atoms with E-state index in [4.69, 9.17) is 15.2 Å². The first-order valence-corrected chi connectivity index (χ1v) is 4.36. The molecule has 1 atom stereocenters. The SMILES string of the molecule is NCC1COC2(CCCC2)O1. The Hall–Kier alpha value is -0.120. The fourth-order valence-electron chi connectivity index (χ4n) is 1.91. The van der Waals surface area contributed by atoms with Gasteiger partial charge in [-0.3, -0.25) is 0 Å². The Morgan fingerprint density at radius 2 is 2.09 bits per heavy atom. The van der Waals surface area contributed by atoms with Gasteiger partial charge in [0.1, 0.15) is 0 Å². The Balaban J connectivity index is 1.96. The predicted molar refractivity (Wildman–Crippen MR) is 41.1 cm³/mol. The Labute approximate surface area is 66.8 Å². The second kappa shape index (κ2) is 2.73. The zero-order valence-electron chi connectivity index (χ0n) is 6.71. The minimum atomic E-state index is -0.218. The van der Waals surface area contributed by atoms with E-state index in [0.717, 1.165) is 12.8 Å². The maximum Gasteiger partial charge on any atom is 0.168 e. The molecule has 1 saturated heterocycles. The van der Waals surface area contributed by atoms with Crippen molar-refractivity contribution in [2.45, 2.75) is 37.6 Å². The molecule has 0 aromatic heterocycles. The molecule has 1 spiro atoms. The monoisotopic (exact) mass is 157 g/mol. The van der Waals surface area contributed by atoms with Crippen LogP contribution in [0.2, 0.25) is 0 Å². The summed E-state index contributed by atoms with van der Waals surface area (Å²) >= 11 is 0. The minimum Gasteiger partial charge on any atom is -0.347 e. The van der Waals surface area contributed by atoms with Crippen LogP contribution in [0, 0.1) is 0 Å². The van der Waals surface area contributed by atoms with E-state index in [1.807, 2.05) is 0 Å². The molecule has 0 radical (unpaired) electrons. The lowest BCUT2D eigenvalue weighted by atomic mass is 10.2. The van der Waals surface area contributed by atoms with Gasteiger partial charge in [-0.25, -0.2) is 0 Å². The molecule has 2 fully saturated rings. The Kier molecular flexibility index (Phi) is 1.87. The zero-order valence-corrected chi connectivity index (χ0v) is 6.71. The van der Waals surface area contributed by atoms with Gasteiger partial charge in [0.05, 0.1) is 12.7 Å². The average molecular weight is 157 g/mol. The van der Waals surface area contributed by atoms with Crippen molar-refractivity contribution in [3.63, 3.8) is 0 Å². The predicted octanol–water partition coefficient (Wildman–Crippen LogP) is 0.631. The molecular formula is C8H15NO2. The summed E-state index contributed by atoms with van der Waals surface area (Å²) in [6, 6.07) is 0. The third-order valence-corrected chi connectivity index (χ3v) is 2.54. The number of hydrogen-bond acceptors (Lipinski definition) is 3. The Morgan fingerprint density at radius 1 is 1.36 bits per heavy atom. The van der Waals surface area contributed by atoms with Gasteiger partial charge in [0.2, 0.25) is 0 Å². The average Bonchev–Trinajstić information content (AvgIpc) is 2.62. The van der Waals surface area contributed by atoms with E-state index < -0.39 is 0 Å². The third kappa shape index (κ3) is 1.28. The van der Waals surface area contributed by atoms with Gasteiger partial charge in [0.25, 0.3) is 0 Å². The van der Waals surface area contributed by atoms with E-state index in [1.165, 1.54) is 12.8 Å². The molecule has 11 heavy (non-hydrogen) atoms. The van der Waals surface area contributed by atoms with Gasteiger partial charge >= 0.3 is 0 Å². The van der Waals surface area contributed by atoms with Gasteiger partial charge in [0, 0.05) is 19.4 Å². The summed E-state index contributed by atoms with van der Waals surface area (Å²) in [6.45, 7) is 1.28. The van der Waals surface area contributed by atoms with Crippen LogP contribution in [-0.4, -0.2) is 25.0 Å². The van der Waals surface area contributed by atoms with Crippen LogP contribution < -0.4 is 5.73 Å². The molecule has 0 aromatic carbocycles. The van der Waals surface area contributed by atoms with E-state index in [1.54, 1.807) is 0 Å². The molecule has 3 nitrogen and oxygen atoms in total. The fraction of sp³-hybridized carbons (Fsp3) is 1.00. The first-order valence-electron chi connectivity index (χ1n) is 4.36. The summed E-state index contributed by atoms with van der Waals surface area (Å²) in [4.78, 5) is 0. The third-order valence-electron chi connectivity index (χ3n) is 2.54. The normalized spacial score (nSPS) is 35.2. The van der Waals surface area contributed by atoms with Crippen molar-refractivity contribution < 1.29 is 9.47 Å². The molecule has 1 aliphatic heterocycles. The number of rotatable bonds is 1. The van der Waals surface area contributed by atoms with Crippen LogP contribution in [0.1, 0.15) is 25.7 Å². The number of ether oxygens (including phenoxy) is 2. The van der Waals surface area contributed by atoms with E-state index in [-0.39, 0.29) is 11.9 Å². The van der Waals surface area contributed by atoms with Crippen LogP contribution >= 0.6 is 0 Å². The standard InChI is InChI=1S/C8H15NO2/c9-5-7-6-10-8(11-7)3-1-2-4-8/h7H,1-6,9H2. The van der Waals surface area contributed by atoms with Crippen molar-refractivity contribution in [3.8, 4) is 0 Å². The first kappa shape index (κ1) is 7.53. The highest BCUT2D eigenvalue weighted by molar-refractivity contribution is 4.83. The largest absolute Gasteiger partial charge is 0.347 e. The zero-order chi connectivity index (χ0) is 7.73. The molecule has 1 saturated carbocycles. The molecular weight excluding hydrogens is 142 g/mol. The second-order valence-corrected chi connectivity index (χ2v) is 3.40. The van der Waals surface area contributed by atoms with E-state index in [0.29, 0.717) is 13.2 Å². The lowest BCUT2D eigenvalue weighted by Crippen LogP contribution is -2.29. The van der Waals surface area contributed by atoms with Crippen molar-refractivity contribution in [2.24, 2.45) is 5.73 Å². The van der Waals surface area contributed by atoms with Crippen LogP contribution in [0.4, 0.5) is 0 Å². The van der Waals surface area contributed by atoms with Gasteiger partial charge in [-0.05, 0) is 12.8 Å². The molecule has 0 bridgehead atoms. The molecule has 2 rings (SSSR count). The van der Waals surface area contributed by atoms with Crippen LogP contribution in [0.15, 0.2) is 0 Å². The van der Waals surface area contributed by atoms with E-state index in [9.17, 15) is 0 Å². The second-order valence-electron chi connectivity index (χ2n) is 3.40. The van der Waals surface area contributed by atoms with Gasteiger partial charge in [-0.15, -0.1) is 0 Å². The van der Waals surface area contributed by atoms with Crippen LogP contribution in [-0.2, 0) is 9.47 Å². The van der Waals surface area contributed by atoms with E-state index in [2.05, 4.69) is 0 Å². The van der Waals surface area contributed by atoms with E-state index >= 15 is 0 Å². The summed E-state index contributed by atoms with van der Waals surface area (Å²) in [7, 11) is 0. The topological polar surface area (TPSA) is 44.5 Å². The molecule has 1 aliphatic carbocycles. The summed E-state index contributed by atoms with van der Waals surface area (Å²) < 4.78 is 11.3.